The molecule has 1 aromatic rings. The van der Waals surface area contributed by atoms with Gasteiger partial charge < -0.3 is 10.2 Å². The van der Waals surface area contributed by atoms with Crippen molar-refractivity contribution in [1.82, 2.24) is 10.2 Å². The van der Waals surface area contributed by atoms with Crippen molar-refractivity contribution in [2.24, 2.45) is 4.99 Å². The zero-order chi connectivity index (χ0) is 18.4. The van der Waals surface area contributed by atoms with Crippen molar-refractivity contribution in [2.45, 2.75) is 39.0 Å². The van der Waals surface area contributed by atoms with Gasteiger partial charge in [0.2, 0.25) is 0 Å². The Morgan fingerprint density at radius 3 is 2.46 bits per heavy atom. The first-order valence-corrected chi connectivity index (χ1v) is 10.5. The van der Waals surface area contributed by atoms with E-state index in [4.69, 9.17) is 0 Å². The number of halogens is 1. The van der Waals surface area contributed by atoms with Gasteiger partial charge in [-0.1, -0.05) is 34.1 Å². The van der Waals surface area contributed by atoms with Gasteiger partial charge in [0.25, 0.3) is 0 Å². The number of hydrogen-bond acceptors (Lipinski definition) is 3. The molecular formula is C17H28BrN3O2S. The first kappa shape index (κ1) is 21.0. The molecule has 0 radical (unpaired) electrons. The quantitative estimate of drug-likeness (QED) is 0.570. The van der Waals surface area contributed by atoms with Gasteiger partial charge in [-0.3, -0.25) is 4.99 Å². The summed E-state index contributed by atoms with van der Waals surface area (Å²) in [6.07, 6.45) is 0. The van der Waals surface area contributed by atoms with Crippen LogP contribution >= 0.6 is 15.9 Å². The maximum absolute atomic E-state index is 12.2. The molecule has 0 heterocycles. The number of aliphatic imine (C=N–C) groups is 1. The highest BCUT2D eigenvalue weighted by Gasteiger charge is 2.28. The fourth-order valence-electron chi connectivity index (χ4n) is 2.00. The van der Waals surface area contributed by atoms with Gasteiger partial charge in [0.15, 0.2) is 15.8 Å². The second-order valence-corrected chi connectivity index (χ2v) is 10.3. The molecule has 0 saturated carbocycles. The third-order valence-electron chi connectivity index (χ3n) is 3.62. The summed E-state index contributed by atoms with van der Waals surface area (Å²) < 4.78 is 24.7. The van der Waals surface area contributed by atoms with E-state index in [2.05, 4.69) is 26.2 Å². The van der Waals surface area contributed by atoms with Crippen molar-refractivity contribution in [3.63, 3.8) is 0 Å². The first-order chi connectivity index (χ1) is 11.1. The topological polar surface area (TPSA) is 61.8 Å². The summed E-state index contributed by atoms with van der Waals surface area (Å²) in [5.41, 5.74) is 1.15. The average Bonchev–Trinajstić information content (AvgIpc) is 2.47. The highest BCUT2D eigenvalue weighted by atomic mass is 79.9. The molecule has 0 bridgehead atoms. The Hall–Kier alpha value is -1.08. The van der Waals surface area contributed by atoms with Gasteiger partial charge in [-0.05, 0) is 39.3 Å². The van der Waals surface area contributed by atoms with Gasteiger partial charge in [0, 0.05) is 24.6 Å². The standard InChI is InChI=1S/C17H28BrN3O2S/c1-6-19-16(20-11-12-24(22,23)17(2,3)4)21(5)13-14-9-7-8-10-15(14)18/h7-10H,6,11-13H2,1-5H3,(H,19,20). The summed E-state index contributed by atoms with van der Waals surface area (Å²) in [5, 5.41) is 3.21. The van der Waals surface area contributed by atoms with Gasteiger partial charge in [-0.25, -0.2) is 8.42 Å². The van der Waals surface area contributed by atoms with Crippen molar-refractivity contribution in [1.29, 1.82) is 0 Å². The van der Waals surface area contributed by atoms with Crippen LogP contribution in [0.15, 0.2) is 33.7 Å². The minimum absolute atomic E-state index is 0.0499. The Bertz CT molecular complexity index is 667. The molecule has 7 heteroatoms. The van der Waals surface area contributed by atoms with Crippen LogP contribution in [0.4, 0.5) is 0 Å². The molecule has 0 aliphatic carbocycles. The molecule has 0 aliphatic heterocycles. The number of benzene rings is 1. The largest absolute Gasteiger partial charge is 0.357 e. The van der Waals surface area contributed by atoms with Crippen LogP contribution in [0.25, 0.3) is 0 Å². The summed E-state index contributed by atoms with van der Waals surface area (Å²) in [6, 6.07) is 8.02. The van der Waals surface area contributed by atoms with E-state index in [9.17, 15) is 8.42 Å². The monoisotopic (exact) mass is 417 g/mol. The van der Waals surface area contributed by atoms with Crippen LogP contribution < -0.4 is 5.32 Å². The second kappa shape index (κ2) is 8.85. The molecule has 136 valence electrons. The highest BCUT2D eigenvalue weighted by Crippen LogP contribution is 2.18. The van der Waals surface area contributed by atoms with Crippen molar-refractivity contribution in [3.8, 4) is 0 Å². The fraction of sp³-hybridized carbons (Fsp3) is 0.588. The van der Waals surface area contributed by atoms with Crippen LogP contribution in [0, 0.1) is 0 Å². The van der Waals surface area contributed by atoms with Gasteiger partial charge in [-0.2, -0.15) is 0 Å². The predicted octanol–water partition coefficient (Wildman–Crippen LogP) is 3.06. The van der Waals surface area contributed by atoms with E-state index in [1.54, 1.807) is 20.8 Å². The Morgan fingerprint density at radius 2 is 1.92 bits per heavy atom. The van der Waals surface area contributed by atoms with Crippen molar-refractivity contribution < 1.29 is 8.42 Å². The van der Waals surface area contributed by atoms with Gasteiger partial charge in [-0.15, -0.1) is 0 Å². The first-order valence-electron chi connectivity index (χ1n) is 8.03. The Balaban J connectivity index is 2.80. The van der Waals surface area contributed by atoms with Gasteiger partial charge in [0.1, 0.15) is 0 Å². The van der Waals surface area contributed by atoms with Crippen LogP contribution in [-0.4, -0.2) is 49.9 Å². The molecule has 0 spiro atoms. The number of nitrogens with zero attached hydrogens (tertiary/aromatic N) is 2. The average molecular weight is 418 g/mol. The molecule has 1 N–H and O–H groups in total. The minimum atomic E-state index is -3.16. The Labute approximate surface area is 154 Å². The molecule has 0 aliphatic rings. The number of hydrogen-bond donors (Lipinski definition) is 1. The molecule has 0 fully saturated rings. The van der Waals surface area contributed by atoms with Crippen molar-refractivity contribution in [3.05, 3.63) is 34.3 Å². The highest BCUT2D eigenvalue weighted by molar-refractivity contribution is 9.10. The van der Waals surface area contributed by atoms with Crippen LogP contribution in [0.3, 0.4) is 0 Å². The summed E-state index contributed by atoms with van der Waals surface area (Å²) in [4.78, 5) is 6.47. The maximum atomic E-state index is 12.2. The number of nitrogens with one attached hydrogen (secondary N) is 1. The number of sulfone groups is 1. The van der Waals surface area contributed by atoms with E-state index >= 15 is 0 Å². The summed E-state index contributed by atoms with van der Waals surface area (Å²) in [7, 11) is -1.22. The Kier molecular flexibility index (Phi) is 7.73. The Morgan fingerprint density at radius 1 is 1.29 bits per heavy atom. The van der Waals surface area contributed by atoms with Crippen LogP contribution in [-0.2, 0) is 16.4 Å². The normalized spacial score (nSPS) is 13.0. The van der Waals surface area contributed by atoms with E-state index in [0.29, 0.717) is 12.5 Å². The molecule has 0 atom stereocenters. The van der Waals surface area contributed by atoms with Crippen LogP contribution in [0.1, 0.15) is 33.3 Å². The molecule has 0 aromatic heterocycles. The molecule has 5 nitrogen and oxygen atoms in total. The molecule has 1 aromatic carbocycles. The molecule has 0 unspecified atom stereocenters. The van der Waals surface area contributed by atoms with E-state index in [0.717, 1.165) is 16.6 Å². The third kappa shape index (κ3) is 6.09. The maximum Gasteiger partial charge on any atom is 0.193 e. The molecule has 0 amide bonds. The zero-order valence-electron chi connectivity index (χ0n) is 15.1. The van der Waals surface area contributed by atoms with E-state index in [-0.39, 0.29) is 12.3 Å². The van der Waals surface area contributed by atoms with E-state index in [1.807, 2.05) is 43.1 Å². The third-order valence-corrected chi connectivity index (χ3v) is 6.98. The van der Waals surface area contributed by atoms with Gasteiger partial charge in [0.05, 0.1) is 17.0 Å². The molecule has 24 heavy (non-hydrogen) atoms. The summed E-state index contributed by atoms with van der Waals surface area (Å²) in [6.45, 7) is 8.81. The minimum Gasteiger partial charge on any atom is -0.357 e. The predicted molar refractivity (Wildman–Crippen MR) is 105 cm³/mol. The lowest BCUT2D eigenvalue weighted by Gasteiger charge is -2.23. The SMILES string of the molecule is CCNC(=NCCS(=O)(=O)C(C)(C)C)N(C)Cc1ccccc1Br. The lowest BCUT2D eigenvalue weighted by molar-refractivity contribution is 0.476. The van der Waals surface area contributed by atoms with Crippen molar-refractivity contribution >= 4 is 31.7 Å². The second-order valence-electron chi connectivity index (χ2n) is 6.61. The summed E-state index contributed by atoms with van der Waals surface area (Å²) >= 11 is 3.55. The number of guanidine groups is 1. The number of rotatable bonds is 6. The smallest absolute Gasteiger partial charge is 0.193 e. The lowest BCUT2D eigenvalue weighted by atomic mass is 10.2. The van der Waals surface area contributed by atoms with E-state index in [1.165, 1.54) is 0 Å². The van der Waals surface area contributed by atoms with Crippen molar-refractivity contribution in [2.75, 3.05) is 25.9 Å². The zero-order valence-corrected chi connectivity index (χ0v) is 17.5. The lowest BCUT2D eigenvalue weighted by Crippen LogP contribution is -2.39. The fourth-order valence-corrected chi connectivity index (χ4v) is 3.36. The van der Waals surface area contributed by atoms with Gasteiger partial charge >= 0.3 is 0 Å². The van der Waals surface area contributed by atoms with Crippen LogP contribution in [0.5, 0.6) is 0 Å². The van der Waals surface area contributed by atoms with Crippen LogP contribution in [0.2, 0.25) is 0 Å². The molecule has 1 rings (SSSR count). The van der Waals surface area contributed by atoms with E-state index < -0.39 is 14.6 Å². The summed E-state index contributed by atoms with van der Waals surface area (Å²) in [5.74, 6) is 0.756. The molecule has 0 saturated heterocycles. The molecular weight excluding hydrogens is 390 g/mol.